The smallest absolute Gasteiger partial charge is 0.243 e. The molecule has 0 fully saturated rings. The minimum absolute atomic E-state index is 0.0163. The Balaban J connectivity index is 2.17. The van der Waals surface area contributed by atoms with Gasteiger partial charge < -0.3 is 9.84 Å². The molecule has 1 aromatic heterocycles. The van der Waals surface area contributed by atoms with E-state index in [1.165, 1.54) is 30.5 Å². The highest BCUT2D eigenvalue weighted by atomic mass is 32.2. The zero-order chi connectivity index (χ0) is 16.9. The first-order chi connectivity index (χ1) is 10.9. The lowest BCUT2D eigenvalue weighted by atomic mass is 10.2. The van der Waals surface area contributed by atoms with Crippen molar-refractivity contribution < 1.29 is 17.7 Å². The average molecular weight is 335 g/mol. The molecule has 2 rings (SSSR count). The molecule has 0 atom stereocenters. The van der Waals surface area contributed by atoms with Gasteiger partial charge in [-0.2, -0.15) is 4.31 Å². The zero-order valence-electron chi connectivity index (χ0n) is 12.6. The highest BCUT2D eigenvalue weighted by Gasteiger charge is 2.25. The van der Waals surface area contributed by atoms with Crippen LogP contribution in [0.15, 0.2) is 58.7 Å². The first-order valence-electron chi connectivity index (χ1n) is 6.81. The average Bonchev–Trinajstić information content (AvgIpc) is 3.00. The summed E-state index contributed by atoms with van der Waals surface area (Å²) < 4.78 is 30.9. The number of nitrogens with zero attached hydrogens (tertiary/aromatic N) is 2. The summed E-state index contributed by atoms with van der Waals surface area (Å²) in [5, 5.41) is 6.00. The van der Waals surface area contributed by atoms with Gasteiger partial charge in [0, 0.05) is 12.6 Å². The van der Waals surface area contributed by atoms with Gasteiger partial charge in [-0.25, -0.2) is 8.42 Å². The van der Waals surface area contributed by atoms with Crippen LogP contribution in [0.1, 0.15) is 5.56 Å². The third-order valence-electron chi connectivity index (χ3n) is 3.02. The summed E-state index contributed by atoms with van der Waals surface area (Å²) in [7, 11) is -3.80. The highest BCUT2D eigenvalue weighted by molar-refractivity contribution is 7.89. The van der Waals surface area contributed by atoms with E-state index in [1.807, 2.05) is 6.92 Å². The lowest BCUT2D eigenvalue weighted by Gasteiger charge is -2.20. The Hall–Kier alpha value is -2.45. The summed E-state index contributed by atoms with van der Waals surface area (Å²) in [5.41, 5.74) is 0.947. The van der Waals surface area contributed by atoms with Crippen molar-refractivity contribution in [3.63, 3.8) is 0 Å². The number of anilines is 1. The number of benzene rings is 1. The van der Waals surface area contributed by atoms with Crippen LogP contribution in [0.3, 0.4) is 0 Å². The molecule has 0 aliphatic heterocycles. The first kappa shape index (κ1) is 16.9. The SMILES string of the molecule is C=CCN(CC(=O)Nc1ccon1)S(=O)(=O)c1ccc(C)cc1. The summed E-state index contributed by atoms with van der Waals surface area (Å²) in [6.45, 7) is 5.07. The number of hydrogen-bond acceptors (Lipinski definition) is 5. The number of carbonyl (C=O) groups excluding carboxylic acids is 1. The Kier molecular flexibility index (Phi) is 5.30. The quantitative estimate of drug-likeness (QED) is 0.779. The molecule has 1 amide bonds. The summed E-state index contributed by atoms with van der Waals surface area (Å²) in [6.07, 6.45) is 2.73. The van der Waals surface area contributed by atoms with Crippen molar-refractivity contribution >= 4 is 21.7 Å². The minimum Gasteiger partial charge on any atom is -0.363 e. The first-order valence-corrected chi connectivity index (χ1v) is 8.25. The van der Waals surface area contributed by atoms with Crippen LogP contribution >= 0.6 is 0 Å². The molecule has 1 N–H and O–H groups in total. The number of aromatic nitrogens is 1. The molecule has 0 bridgehead atoms. The van der Waals surface area contributed by atoms with Crippen LogP contribution in [0.2, 0.25) is 0 Å². The van der Waals surface area contributed by atoms with Gasteiger partial charge in [0.25, 0.3) is 0 Å². The van der Waals surface area contributed by atoms with Crippen molar-refractivity contribution in [1.82, 2.24) is 9.46 Å². The Morgan fingerprint density at radius 1 is 1.35 bits per heavy atom. The number of amides is 1. The predicted octanol–water partition coefficient (Wildman–Crippen LogP) is 1.80. The third-order valence-corrected chi connectivity index (χ3v) is 4.84. The summed E-state index contributed by atoms with van der Waals surface area (Å²) in [6, 6.07) is 7.89. The number of sulfonamides is 1. The summed E-state index contributed by atoms with van der Waals surface area (Å²) in [5.74, 6) is -0.294. The number of carbonyl (C=O) groups is 1. The molecule has 7 nitrogen and oxygen atoms in total. The van der Waals surface area contributed by atoms with E-state index in [2.05, 4.69) is 21.6 Å². The van der Waals surface area contributed by atoms with Crippen molar-refractivity contribution in [1.29, 1.82) is 0 Å². The lowest BCUT2D eigenvalue weighted by molar-refractivity contribution is -0.116. The van der Waals surface area contributed by atoms with Gasteiger partial charge in [-0.15, -0.1) is 6.58 Å². The van der Waals surface area contributed by atoms with E-state index in [1.54, 1.807) is 12.1 Å². The molecule has 0 aliphatic carbocycles. The molecule has 23 heavy (non-hydrogen) atoms. The van der Waals surface area contributed by atoms with E-state index in [0.717, 1.165) is 9.87 Å². The second-order valence-electron chi connectivity index (χ2n) is 4.83. The second kappa shape index (κ2) is 7.21. The molecule has 0 spiro atoms. The molecular weight excluding hydrogens is 318 g/mol. The number of hydrogen-bond donors (Lipinski definition) is 1. The number of nitrogens with one attached hydrogen (secondary N) is 1. The fourth-order valence-corrected chi connectivity index (χ4v) is 3.24. The maximum Gasteiger partial charge on any atom is 0.243 e. The van der Waals surface area contributed by atoms with E-state index in [9.17, 15) is 13.2 Å². The molecular formula is C15H17N3O4S. The van der Waals surface area contributed by atoms with Gasteiger partial charge in [-0.1, -0.05) is 28.9 Å². The lowest BCUT2D eigenvalue weighted by Crippen LogP contribution is -2.38. The van der Waals surface area contributed by atoms with E-state index < -0.39 is 15.9 Å². The molecule has 0 saturated carbocycles. The second-order valence-corrected chi connectivity index (χ2v) is 6.77. The minimum atomic E-state index is -3.80. The number of rotatable bonds is 7. The van der Waals surface area contributed by atoms with Gasteiger partial charge in [0.1, 0.15) is 6.26 Å². The van der Waals surface area contributed by atoms with Gasteiger partial charge >= 0.3 is 0 Å². The maximum absolute atomic E-state index is 12.6. The summed E-state index contributed by atoms with van der Waals surface area (Å²) in [4.78, 5) is 12.1. The van der Waals surface area contributed by atoms with Crippen molar-refractivity contribution in [3.05, 3.63) is 54.8 Å². The monoisotopic (exact) mass is 335 g/mol. The molecule has 122 valence electrons. The molecule has 8 heteroatoms. The molecule has 0 aliphatic rings. The summed E-state index contributed by atoms with van der Waals surface area (Å²) >= 11 is 0. The van der Waals surface area contributed by atoms with Crippen LogP contribution in [-0.4, -0.2) is 36.9 Å². The van der Waals surface area contributed by atoms with Crippen LogP contribution in [0.4, 0.5) is 5.82 Å². The van der Waals surface area contributed by atoms with Crippen molar-refractivity contribution in [3.8, 4) is 0 Å². The molecule has 2 aromatic rings. The topological polar surface area (TPSA) is 92.5 Å². The van der Waals surface area contributed by atoms with Crippen LogP contribution in [0, 0.1) is 6.92 Å². The largest absolute Gasteiger partial charge is 0.363 e. The van der Waals surface area contributed by atoms with Gasteiger partial charge in [0.05, 0.1) is 11.4 Å². The Labute approximate surface area is 134 Å². The van der Waals surface area contributed by atoms with Crippen LogP contribution < -0.4 is 5.32 Å². The molecule has 1 aromatic carbocycles. The third kappa shape index (κ3) is 4.27. The van der Waals surface area contributed by atoms with E-state index >= 15 is 0 Å². The molecule has 0 unspecified atom stereocenters. The van der Waals surface area contributed by atoms with Gasteiger partial charge in [0.2, 0.25) is 15.9 Å². The van der Waals surface area contributed by atoms with E-state index in [4.69, 9.17) is 0 Å². The Bertz CT molecular complexity index is 768. The molecule has 0 radical (unpaired) electrons. The standard InChI is InChI=1S/C15H17N3O4S/c1-3-9-18(11-15(19)16-14-8-10-22-17-14)23(20,21)13-6-4-12(2)5-7-13/h3-8,10H,1,9,11H2,2H3,(H,16,17,19). The van der Waals surface area contributed by atoms with Crippen LogP contribution in [-0.2, 0) is 14.8 Å². The molecule has 1 heterocycles. The number of aryl methyl sites for hydroxylation is 1. The van der Waals surface area contributed by atoms with Crippen LogP contribution in [0.25, 0.3) is 0 Å². The Morgan fingerprint density at radius 2 is 2.04 bits per heavy atom. The fourth-order valence-electron chi connectivity index (χ4n) is 1.87. The van der Waals surface area contributed by atoms with Crippen molar-refractivity contribution in [2.75, 3.05) is 18.4 Å². The fraction of sp³-hybridized carbons (Fsp3) is 0.200. The van der Waals surface area contributed by atoms with Crippen molar-refractivity contribution in [2.24, 2.45) is 0 Å². The van der Waals surface area contributed by atoms with Crippen LogP contribution in [0.5, 0.6) is 0 Å². The maximum atomic E-state index is 12.6. The van der Waals surface area contributed by atoms with Gasteiger partial charge in [-0.05, 0) is 19.1 Å². The van der Waals surface area contributed by atoms with Crippen molar-refractivity contribution in [2.45, 2.75) is 11.8 Å². The van der Waals surface area contributed by atoms with Gasteiger partial charge in [0.15, 0.2) is 5.82 Å². The normalized spacial score (nSPS) is 11.4. The van der Waals surface area contributed by atoms with E-state index in [-0.39, 0.29) is 23.8 Å². The van der Waals surface area contributed by atoms with E-state index in [0.29, 0.717) is 0 Å². The zero-order valence-corrected chi connectivity index (χ0v) is 13.4. The molecule has 0 saturated heterocycles. The highest BCUT2D eigenvalue weighted by Crippen LogP contribution is 2.16. The Morgan fingerprint density at radius 3 is 2.61 bits per heavy atom. The predicted molar refractivity (Wildman–Crippen MR) is 85.3 cm³/mol. The van der Waals surface area contributed by atoms with Gasteiger partial charge in [-0.3, -0.25) is 4.79 Å².